The van der Waals surface area contributed by atoms with Crippen molar-refractivity contribution in [3.8, 4) is 0 Å². The van der Waals surface area contributed by atoms with Gasteiger partial charge >= 0.3 is 0 Å². The molecule has 1 aromatic heterocycles. The molecule has 0 aromatic carbocycles. The molecule has 0 aliphatic carbocycles. The van der Waals surface area contributed by atoms with Gasteiger partial charge in [-0.05, 0) is 56.6 Å². The molecule has 1 aliphatic rings. The van der Waals surface area contributed by atoms with Crippen molar-refractivity contribution >= 4 is 11.3 Å². The maximum absolute atomic E-state index is 5.87. The lowest BCUT2D eigenvalue weighted by atomic mass is 9.97. The first-order valence-electron chi connectivity index (χ1n) is 6.22. The molecule has 2 rings (SSSR count). The predicted molar refractivity (Wildman–Crippen MR) is 68.9 cm³/mol. The van der Waals surface area contributed by atoms with Gasteiger partial charge in [0, 0.05) is 11.5 Å². The van der Waals surface area contributed by atoms with Crippen LogP contribution in [-0.4, -0.2) is 19.7 Å². The van der Waals surface area contributed by atoms with E-state index in [1.807, 2.05) is 0 Å². The minimum absolute atomic E-state index is 0.261. The highest BCUT2D eigenvalue weighted by Gasteiger charge is 2.13. The number of rotatable bonds is 5. The molecule has 2 heterocycles. The number of piperidine rings is 1. The Labute approximate surface area is 102 Å². The van der Waals surface area contributed by atoms with Crippen LogP contribution in [0.1, 0.15) is 37.2 Å². The van der Waals surface area contributed by atoms with Crippen LogP contribution in [0, 0.1) is 5.92 Å². The molecule has 2 nitrogen and oxygen atoms in total. The molecule has 1 aliphatic heterocycles. The molecule has 1 aromatic rings. The third-order valence-electron chi connectivity index (χ3n) is 3.24. The second kappa shape index (κ2) is 6.38. The maximum Gasteiger partial charge on any atom is 0.0888 e. The highest BCUT2D eigenvalue weighted by atomic mass is 32.1. The first-order chi connectivity index (χ1) is 7.86. The molecular weight excluding hydrogens is 218 g/mol. The molecular formula is C13H21NOS. The summed E-state index contributed by atoms with van der Waals surface area (Å²) >= 11 is 1.78. The van der Waals surface area contributed by atoms with E-state index in [1.165, 1.54) is 37.2 Å². The molecule has 0 saturated carbocycles. The number of hydrogen-bond donors (Lipinski definition) is 1. The number of thiophene rings is 1. The summed E-state index contributed by atoms with van der Waals surface area (Å²) in [4.78, 5) is 1.33. The first-order valence-corrected chi connectivity index (χ1v) is 7.10. The van der Waals surface area contributed by atoms with Crippen LogP contribution in [0.2, 0.25) is 0 Å². The average Bonchev–Trinajstić information content (AvgIpc) is 2.84. The van der Waals surface area contributed by atoms with Crippen LogP contribution in [0.5, 0.6) is 0 Å². The monoisotopic (exact) mass is 239 g/mol. The topological polar surface area (TPSA) is 21.3 Å². The van der Waals surface area contributed by atoms with Gasteiger partial charge in [-0.3, -0.25) is 0 Å². The van der Waals surface area contributed by atoms with Crippen molar-refractivity contribution in [1.82, 2.24) is 5.32 Å². The van der Waals surface area contributed by atoms with E-state index in [0.29, 0.717) is 0 Å². The minimum atomic E-state index is 0.261. The summed E-state index contributed by atoms with van der Waals surface area (Å²) in [6.45, 7) is 5.41. The summed E-state index contributed by atoms with van der Waals surface area (Å²) in [7, 11) is 0. The fourth-order valence-electron chi connectivity index (χ4n) is 2.19. The standard InChI is InChI=1S/C13H21NOS/c1-11(13-5-3-9-16-13)15-8-6-12-4-2-7-14-10-12/h3,5,9,11-12,14H,2,4,6-8,10H2,1H3/t11-,12+/m1/s1. The second-order valence-corrected chi connectivity index (χ2v) is 5.51. The summed E-state index contributed by atoms with van der Waals surface area (Å²) < 4.78 is 5.87. The van der Waals surface area contributed by atoms with Gasteiger partial charge in [-0.2, -0.15) is 0 Å². The van der Waals surface area contributed by atoms with Gasteiger partial charge in [-0.15, -0.1) is 11.3 Å². The largest absolute Gasteiger partial charge is 0.373 e. The van der Waals surface area contributed by atoms with E-state index in [4.69, 9.17) is 4.74 Å². The van der Waals surface area contributed by atoms with E-state index in [1.54, 1.807) is 11.3 Å². The Bertz CT molecular complexity index is 280. The Morgan fingerprint density at radius 3 is 3.25 bits per heavy atom. The normalized spacial score (nSPS) is 23.2. The molecule has 0 spiro atoms. The smallest absolute Gasteiger partial charge is 0.0888 e. The van der Waals surface area contributed by atoms with Crippen molar-refractivity contribution in [2.45, 2.75) is 32.3 Å². The molecule has 1 saturated heterocycles. The second-order valence-electron chi connectivity index (χ2n) is 4.53. The third-order valence-corrected chi connectivity index (χ3v) is 4.27. The molecule has 2 atom stereocenters. The van der Waals surface area contributed by atoms with Gasteiger partial charge in [-0.1, -0.05) is 6.07 Å². The van der Waals surface area contributed by atoms with Crippen molar-refractivity contribution < 1.29 is 4.74 Å². The number of ether oxygens (including phenoxy) is 1. The van der Waals surface area contributed by atoms with Crippen LogP contribution >= 0.6 is 11.3 Å². The minimum Gasteiger partial charge on any atom is -0.373 e. The van der Waals surface area contributed by atoms with Gasteiger partial charge < -0.3 is 10.1 Å². The highest BCUT2D eigenvalue weighted by Crippen LogP contribution is 2.23. The zero-order valence-corrected chi connectivity index (χ0v) is 10.8. The van der Waals surface area contributed by atoms with E-state index in [0.717, 1.165) is 12.5 Å². The lowest BCUT2D eigenvalue weighted by molar-refractivity contribution is 0.0560. The van der Waals surface area contributed by atoms with Gasteiger partial charge in [-0.25, -0.2) is 0 Å². The SMILES string of the molecule is C[C@@H](OCC[C@@H]1CCCNC1)c1cccs1. The Kier molecular flexibility index (Phi) is 4.82. The maximum atomic E-state index is 5.87. The van der Waals surface area contributed by atoms with Crippen LogP contribution in [0.3, 0.4) is 0 Å². The van der Waals surface area contributed by atoms with E-state index >= 15 is 0 Å². The summed E-state index contributed by atoms with van der Waals surface area (Å²) in [5.41, 5.74) is 0. The molecule has 0 unspecified atom stereocenters. The zero-order valence-electron chi connectivity index (χ0n) is 9.95. The highest BCUT2D eigenvalue weighted by molar-refractivity contribution is 7.10. The van der Waals surface area contributed by atoms with Crippen molar-refractivity contribution in [3.63, 3.8) is 0 Å². The fourth-order valence-corrected chi connectivity index (χ4v) is 2.92. The van der Waals surface area contributed by atoms with Crippen molar-refractivity contribution in [1.29, 1.82) is 0 Å². The summed E-state index contributed by atoms with van der Waals surface area (Å²) in [5.74, 6) is 0.823. The summed E-state index contributed by atoms with van der Waals surface area (Å²) in [6.07, 6.45) is 4.15. The van der Waals surface area contributed by atoms with Gasteiger partial charge in [0.1, 0.15) is 0 Å². The van der Waals surface area contributed by atoms with E-state index in [-0.39, 0.29) is 6.10 Å². The van der Waals surface area contributed by atoms with Crippen molar-refractivity contribution in [2.24, 2.45) is 5.92 Å². The quantitative estimate of drug-likeness (QED) is 0.852. The van der Waals surface area contributed by atoms with Gasteiger partial charge in [0.2, 0.25) is 0 Å². The Morgan fingerprint density at radius 1 is 1.62 bits per heavy atom. The Morgan fingerprint density at radius 2 is 2.56 bits per heavy atom. The van der Waals surface area contributed by atoms with Gasteiger partial charge in [0.15, 0.2) is 0 Å². The van der Waals surface area contributed by atoms with E-state index in [2.05, 4.69) is 29.8 Å². The molecule has 3 heteroatoms. The van der Waals surface area contributed by atoms with Crippen molar-refractivity contribution in [3.05, 3.63) is 22.4 Å². The average molecular weight is 239 g/mol. The van der Waals surface area contributed by atoms with Gasteiger partial charge in [0.05, 0.1) is 6.10 Å². The fraction of sp³-hybridized carbons (Fsp3) is 0.692. The Balaban J connectivity index is 1.63. The molecule has 0 radical (unpaired) electrons. The molecule has 1 fully saturated rings. The van der Waals surface area contributed by atoms with E-state index in [9.17, 15) is 0 Å². The summed E-state index contributed by atoms with van der Waals surface area (Å²) in [5, 5.41) is 5.56. The van der Waals surface area contributed by atoms with E-state index < -0.39 is 0 Å². The van der Waals surface area contributed by atoms with Gasteiger partial charge in [0.25, 0.3) is 0 Å². The van der Waals surface area contributed by atoms with Crippen LogP contribution in [-0.2, 0) is 4.74 Å². The number of nitrogens with one attached hydrogen (secondary N) is 1. The Hall–Kier alpha value is -0.380. The zero-order chi connectivity index (χ0) is 11.2. The lowest BCUT2D eigenvalue weighted by Crippen LogP contribution is -2.30. The molecule has 90 valence electrons. The van der Waals surface area contributed by atoms with Crippen LogP contribution < -0.4 is 5.32 Å². The lowest BCUT2D eigenvalue weighted by Gasteiger charge is -2.23. The van der Waals surface area contributed by atoms with Crippen LogP contribution in [0.15, 0.2) is 17.5 Å². The molecule has 0 amide bonds. The van der Waals surface area contributed by atoms with Crippen LogP contribution in [0.4, 0.5) is 0 Å². The predicted octanol–water partition coefficient (Wildman–Crippen LogP) is 3.22. The van der Waals surface area contributed by atoms with Crippen molar-refractivity contribution in [2.75, 3.05) is 19.7 Å². The third kappa shape index (κ3) is 3.58. The van der Waals surface area contributed by atoms with Crippen LogP contribution in [0.25, 0.3) is 0 Å². The molecule has 16 heavy (non-hydrogen) atoms. The molecule has 1 N–H and O–H groups in total. The first kappa shape index (κ1) is 12.1. The molecule has 0 bridgehead atoms. The number of hydrogen-bond acceptors (Lipinski definition) is 3. The summed E-state index contributed by atoms with van der Waals surface area (Å²) in [6, 6.07) is 4.24.